The molecule has 9 atom stereocenters. The molecule has 0 saturated carbocycles. The normalized spacial score (nSPS) is 35.7. The summed E-state index contributed by atoms with van der Waals surface area (Å²) < 4.78 is 16.1. The molecular formula is C24H43Cl3O10. The SMILES string of the molecule is CCCCCCCCCCCC(=O)O.OCC1O[C@H](O[C@@]2(CCl)O[C@H](CCl)[C@@H](O)[C@H]2O)C(O)[C@@H](O)[C@H]1Cl. The molecule has 10 nitrogen and oxygen atoms in total. The summed E-state index contributed by atoms with van der Waals surface area (Å²) in [4.78, 5) is 10.2. The summed E-state index contributed by atoms with van der Waals surface area (Å²) >= 11 is 17.3. The lowest BCUT2D eigenvalue weighted by atomic mass is 10.0. The molecule has 2 aliphatic heterocycles. The van der Waals surface area contributed by atoms with E-state index >= 15 is 0 Å². The van der Waals surface area contributed by atoms with Gasteiger partial charge in [0.05, 0.1) is 23.7 Å². The van der Waals surface area contributed by atoms with Crippen molar-refractivity contribution in [1.29, 1.82) is 0 Å². The molecule has 2 rings (SSSR count). The number of alkyl halides is 3. The van der Waals surface area contributed by atoms with Crippen LogP contribution in [0.5, 0.6) is 0 Å². The van der Waals surface area contributed by atoms with Crippen LogP contribution >= 0.6 is 34.8 Å². The number of hydrogen-bond donors (Lipinski definition) is 6. The number of carbonyl (C=O) groups is 1. The first kappa shape index (κ1) is 35.0. The Balaban J connectivity index is 0.000000422. The quantitative estimate of drug-likeness (QED) is 0.122. The molecule has 2 unspecified atom stereocenters. The topological polar surface area (TPSA) is 166 Å². The molecule has 2 aliphatic rings. The molecule has 0 aromatic heterocycles. The molecule has 0 aliphatic carbocycles. The molecule has 13 heteroatoms. The molecule has 37 heavy (non-hydrogen) atoms. The van der Waals surface area contributed by atoms with Gasteiger partial charge in [-0.25, -0.2) is 0 Å². The maximum Gasteiger partial charge on any atom is 0.303 e. The molecule has 2 heterocycles. The number of rotatable bonds is 15. The van der Waals surface area contributed by atoms with Gasteiger partial charge in [0.15, 0.2) is 6.29 Å². The van der Waals surface area contributed by atoms with Crippen molar-refractivity contribution >= 4 is 40.8 Å². The van der Waals surface area contributed by atoms with Crippen molar-refractivity contribution in [3.8, 4) is 0 Å². The fraction of sp³-hybridized carbons (Fsp3) is 0.958. The monoisotopic (exact) mass is 596 g/mol. The van der Waals surface area contributed by atoms with Gasteiger partial charge in [-0.15, -0.1) is 34.8 Å². The third kappa shape index (κ3) is 10.8. The van der Waals surface area contributed by atoms with E-state index in [1.165, 1.54) is 44.9 Å². The Labute approximate surface area is 233 Å². The van der Waals surface area contributed by atoms with Crippen LogP contribution < -0.4 is 0 Å². The standard InChI is InChI=1S/C12H19Cl3O8.C12H24O2/c13-1-4-7(17)10(20)12(3-14,22-4)23-11-9(19)8(18)6(15)5(2-16)21-11;1-2-3-4-5-6-7-8-9-10-11-12(13)14/h4-11,16-20H,1-3H2;2-11H2,1H3,(H,13,14)/t4-,5?,6+,7-,8+,9?,10-,11-,12-;/m1./s1. The number of aliphatic carboxylic acids is 1. The minimum atomic E-state index is -1.90. The molecule has 220 valence electrons. The molecule has 0 spiro atoms. The molecule has 0 bridgehead atoms. The van der Waals surface area contributed by atoms with Gasteiger partial charge in [-0.1, -0.05) is 58.3 Å². The molecular weight excluding hydrogens is 555 g/mol. The van der Waals surface area contributed by atoms with E-state index in [1.807, 2.05) is 0 Å². The van der Waals surface area contributed by atoms with Crippen LogP contribution in [0.25, 0.3) is 0 Å². The number of carboxylic acids is 1. The van der Waals surface area contributed by atoms with Crippen molar-refractivity contribution in [2.24, 2.45) is 0 Å². The number of aliphatic hydroxyl groups is 5. The van der Waals surface area contributed by atoms with Gasteiger partial charge < -0.3 is 44.8 Å². The van der Waals surface area contributed by atoms with Crippen molar-refractivity contribution in [1.82, 2.24) is 0 Å². The van der Waals surface area contributed by atoms with Crippen LogP contribution in [0.15, 0.2) is 0 Å². The zero-order chi connectivity index (χ0) is 28.0. The van der Waals surface area contributed by atoms with E-state index in [2.05, 4.69) is 6.92 Å². The van der Waals surface area contributed by atoms with E-state index in [-0.39, 0.29) is 5.88 Å². The lowest BCUT2D eigenvalue weighted by Crippen LogP contribution is -2.61. The Morgan fingerprint density at radius 1 is 0.892 bits per heavy atom. The molecule has 0 aromatic rings. The number of unbranched alkanes of at least 4 members (excludes halogenated alkanes) is 8. The minimum absolute atomic E-state index is 0.125. The lowest BCUT2D eigenvalue weighted by Gasteiger charge is -2.43. The van der Waals surface area contributed by atoms with E-state index < -0.39 is 72.5 Å². The zero-order valence-corrected chi connectivity index (χ0v) is 23.5. The van der Waals surface area contributed by atoms with Gasteiger partial charge in [-0.2, -0.15) is 0 Å². The predicted octanol–water partition coefficient (Wildman–Crippen LogP) is 2.34. The maximum atomic E-state index is 10.2. The Morgan fingerprint density at radius 2 is 1.46 bits per heavy atom. The van der Waals surface area contributed by atoms with Crippen LogP contribution in [0.4, 0.5) is 0 Å². The second-order valence-electron chi connectivity index (χ2n) is 9.43. The second kappa shape index (κ2) is 18.4. The Kier molecular flexibility index (Phi) is 17.4. The largest absolute Gasteiger partial charge is 0.481 e. The van der Waals surface area contributed by atoms with E-state index in [0.29, 0.717) is 6.42 Å². The number of ether oxygens (including phenoxy) is 3. The highest BCUT2D eigenvalue weighted by molar-refractivity contribution is 6.21. The van der Waals surface area contributed by atoms with Crippen LogP contribution in [-0.4, -0.2) is 109 Å². The fourth-order valence-electron chi connectivity index (χ4n) is 4.14. The van der Waals surface area contributed by atoms with Crippen LogP contribution in [0, 0.1) is 0 Å². The first-order chi connectivity index (χ1) is 17.6. The summed E-state index contributed by atoms with van der Waals surface area (Å²) in [5, 5.41) is 56.6. The fourth-order valence-corrected chi connectivity index (χ4v) is 4.96. The van der Waals surface area contributed by atoms with Crippen LogP contribution in [0.3, 0.4) is 0 Å². The smallest absolute Gasteiger partial charge is 0.303 e. The summed E-state index contributed by atoms with van der Waals surface area (Å²) in [5.41, 5.74) is 0. The first-order valence-electron chi connectivity index (χ1n) is 12.9. The molecule has 0 radical (unpaired) electrons. The minimum Gasteiger partial charge on any atom is -0.481 e. The molecule has 0 amide bonds. The summed E-state index contributed by atoms with van der Waals surface area (Å²) in [6.45, 7) is 1.70. The highest BCUT2D eigenvalue weighted by Crippen LogP contribution is 2.38. The average molecular weight is 598 g/mol. The summed E-state index contributed by atoms with van der Waals surface area (Å²) in [6.07, 6.45) is 2.09. The Hall–Kier alpha value is 0.0200. The Morgan fingerprint density at radius 3 is 1.92 bits per heavy atom. The van der Waals surface area contributed by atoms with Crippen molar-refractivity contribution in [3.05, 3.63) is 0 Å². The predicted molar refractivity (Wildman–Crippen MR) is 139 cm³/mol. The summed E-state index contributed by atoms with van der Waals surface area (Å²) in [6, 6.07) is 0. The maximum absolute atomic E-state index is 10.2. The number of aliphatic hydroxyl groups excluding tert-OH is 5. The van der Waals surface area contributed by atoms with Crippen molar-refractivity contribution < 1.29 is 49.6 Å². The number of carboxylic acid groups (broad SMARTS) is 1. The van der Waals surface area contributed by atoms with Crippen LogP contribution in [0.2, 0.25) is 0 Å². The van der Waals surface area contributed by atoms with Crippen molar-refractivity contribution in [2.75, 3.05) is 18.4 Å². The molecule has 0 aromatic carbocycles. The van der Waals surface area contributed by atoms with E-state index in [9.17, 15) is 30.3 Å². The number of hydrogen-bond acceptors (Lipinski definition) is 9. The van der Waals surface area contributed by atoms with Crippen LogP contribution in [0.1, 0.15) is 71.1 Å². The van der Waals surface area contributed by atoms with Gasteiger partial charge in [0.2, 0.25) is 5.79 Å². The van der Waals surface area contributed by atoms with E-state index in [0.717, 1.165) is 12.8 Å². The highest BCUT2D eigenvalue weighted by atomic mass is 35.5. The van der Waals surface area contributed by atoms with E-state index in [4.69, 9.17) is 54.1 Å². The van der Waals surface area contributed by atoms with Gasteiger partial charge in [-0.3, -0.25) is 4.79 Å². The third-order valence-corrected chi connectivity index (χ3v) is 7.67. The zero-order valence-electron chi connectivity index (χ0n) is 21.3. The molecule has 6 N–H and O–H groups in total. The van der Waals surface area contributed by atoms with Crippen molar-refractivity contribution in [2.45, 2.75) is 125 Å². The van der Waals surface area contributed by atoms with E-state index in [1.54, 1.807) is 0 Å². The summed E-state index contributed by atoms with van der Waals surface area (Å²) in [7, 11) is 0. The lowest BCUT2D eigenvalue weighted by molar-refractivity contribution is -0.357. The van der Waals surface area contributed by atoms with Crippen molar-refractivity contribution in [3.63, 3.8) is 0 Å². The average Bonchev–Trinajstić information content (AvgIpc) is 3.13. The van der Waals surface area contributed by atoms with Gasteiger partial charge in [0, 0.05) is 6.42 Å². The molecule has 2 saturated heterocycles. The Bertz CT molecular complexity index is 632. The van der Waals surface area contributed by atoms with Crippen LogP contribution in [-0.2, 0) is 19.0 Å². The molecule has 2 fully saturated rings. The first-order valence-corrected chi connectivity index (χ1v) is 14.4. The third-order valence-electron chi connectivity index (χ3n) is 6.45. The number of halogens is 3. The van der Waals surface area contributed by atoms with Gasteiger partial charge in [0.25, 0.3) is 0 Å². The van der Waals surface area contributed by atoms with Gasteiger partial charge in [-0.05, 0) is 6.42 Å². The second-order valence-corrected chi connectivity index (χ2v) is 10.5. The van der Waals surface area contributed by atoms with Gasteiger partial charge >= 0.3 is 5.97 Å². The summed E-state index contributed by atoms with van der Waals surface area (Å²) in [5.74, 6) is -3.09. The van der Waals surface area contributed by atoms with Gasteiger partial charge in [0.1, 0.15) is 36.6 Å². The highest BCUT2D eigenvalue weighted by Gasteiger charge is 2.58.